The van der Waals surface area contributed by atoms with Crippen molar-refractivity contribution >= 4 is 11.6 Å². The van der Waals surface area contributed by atoms with Crippen molar-refractivity contribution in [2.45, 2.75) is 19.6 Å². The van der Waals surface area contributed by atoms with Crippen LogP contribution < -0.4 is 14.8 Å². The monoisotopic (exact) mass is 422 g/mol. The highest BCUT2D eigenvalue weighted by Crippen LogP contribution is 2.37. The summed E-state index contributed by atoms with van der Waals surface area (Å²) in [5, 5.41) is 3.48. The van der Waals surface area contributed by atoms with Crippen LogP contribution in [0.2, 0.25) is 0 Å². The zero-order chi connectivity index (χ0) is 21.6. The number of nitrogens with one attached hydrogen (secondary N) is 1. The topological polar surface area (TPSA) is 73.2 Å². The second-order valence-corrected chi connectivity index (χ2v) is 7.06. The molecule has 1 amide bonds. The largest absolute Gasteiger partial charge is 0.493 e. The average Bonchev–Trinajstić information content (AvgIpc) is 3.32. The van der Waals surface area contributed by atoms with Gasteiger partial charge < -0.3 is 28.8 Å². The van der Waals surface area contributed by atoms with Gasteiger partial charge >= 0.3 is 0 Å². The van der Waals surface area contributed by atoms with Crippen LogP contribution in [0.5, 0.6) is 11.5 Å². The lowest BCUT2D eigenvalue weighted by atomic mass is 10.0. The summed E-state index contributed by atoms with van der Waals surface area (Å²) in [6, 6.07) is 16.9. The molecule has 1 aliphatic rings. The number of anilines is 1. The van der Waals surface area contributed by atoms with Crippen LogP contribution in [0.1, 0.15) is 34.8 Å². The van der Waals surface area contributed by atoms with Gasteiger partial charge in [-0.2, -0.15) is 0 Å². The quantitative estimate of drug-likeness (QED) is 0.513. The lowest BCUT2D eigenvalue weighted by Crippen LogP contribution is -2.42. The van der Waals surface area contributed by atoms with Crippen LogP contribution in [0.15, 0.2) is 65.3 Å². The van der Waals surface area contributed by atoms with Crippen LogP contribution in [-0.2, 0) is 11.3 Å². The lowest BCUT2D eigenvalue weighted by molar-refractivity contribution is 0.0651. The number of carbonyl (C=O) groups excluding carboxylic acids is 1. The van der Waals surface area contributed by atoms with Crippen molar-refractivity contribution in [3.8, 4) is 11.5 Å². The van der Waals surface area contributed by atoms with E-state index in [-0.39, 0.29) is 12.1 Å². The molecule has 0 aliphatic carbocycles. The number of ether oxygens (including phenoxy) is 3. The number of hydrogen-bond acceptors (Lipinski definition) is 6. The van der Waals surface area contributed by atoms with E-state index in [9.17, 15) is 4.79 Å². The Labute approximate surface area is 181 Å². The summed E-state index contributed by atoms with van der Waals surface area (Å²) in [4.78, 5) is 15.1. The summed E-state index contributed by atoms with van der Waals surface area (Å²) in [7, 11) is 1.60. The molecule has 0 bridgehead atoms. The van der Waals surface area contributed by atoms with Crippen molar-refractivity contribution in [1.82, 2.24) is 4.90 Å². The highest BCUT2D eigenvalue weighted by molar-refractivity contribution is 6.01. The van der Waals surface area contributed by atoms with E-state index in [0.717, 1.165) is 11.3 Å². The summed E-state index contributed by atoms with van der Waals surface area (Å²) < 4.78 is 22.2. The predicted molar refractivity (Wildman–Crippen MR) is 116 cm³/mol. The third kappa shape index (κ3) is 4.51. The fourth-order valence-corrected chi connectivity index (χ4v) is 3.62. The minimum absolute atomic E-state index is 0.0632. The molecule has 1 aliphatic heterocycles. The van der Waals surface area contributed by atoms with Crippen LogP contribution in [0.3, 0.4) is 0 Å². The molecular weight excluding hydrogens is 396 g/mol. The van der Waals surface area contributed by atoms with Gasteiger partial charge in [-0.25, -0.2) is 0 Å². The first kappa shape index (κ1) is 20.8. The van der Waals surface area contributed by atoms with Gasteiger partial charge in [0.1, 0.15) is 18.5 Å². The third-order valence-corrected chi connectivity index (χ3v) is 5.12. The van der Waals surface area contributed by atoms with Gasteiger partial charge in [0.15, 0.2) is 11.5 Å². The number of amides is 1. The zero-order valence-electron chi connectivity index (χ0n) is 17.7. The van der Waals surface area contributed by atoms with Gasteiger partial charge in [-0.3, -0.25) is 4.79 Å². The molecule has 0 fully saturated rings. The van der Waals surface area contributed by atoms with Crippen LogP contribution in [0.4, 0.5) is 5.69 Å². The Morgan fingerprint density at radius 1 is 1.06 bits per heavy atom. The number of nitrogens with zero attached hydrogens (tertiary/aromatic N) is 1. The Bertz CT molecular complexity index is 1020. The van der Waals surface area contributed by atoms with Crippen LogP contribution in [-0.4, -0.2) is 37.7 Å². The maximum Gasteiger partial charge on any atom is 0.258 e. The van der Waals surface area contributed by atoms with Gasteiger partial charge in [0.2, 0.25) is 0 Å². The number of furan rings is 1. The molecule has 1 aromatic heterocycles. The molecule has 31 heavy (non-hydrogen) atoms. The summed E-state index contributed by atoms with van der Waals surface area (Å²) in [6.07, 6.45) is 1.22. The van der Waals surface area contributed by atoms with E-state index in [2.05, 4.69) is 5.32 Å². The molecule has 2 heterocycles. The van der Waals surface area contributed by atoms with Crippen molar-refractivity contribution in [3.05, 3.63) is 77.7 Å². The molecule has 2 aromatic carbocycles. The fraction of sp³-hybridized carbons (Fsp3) is 0.292. The van der Waals surface area contributed by atoms with Crippen molar-refractivity contribution in [1.29, 1.82) is 0 Å². The Kier molecular flexibility index (Phi) is 6.43. The van der Waals surface area contributed by atoms with Gasteiger partial charge in [-0.15, -0.1) is 0 Å². The molecule has 7 heteroatoms. The van der Waals surface area contributed by atoms with Crippen molar-refractivity contribution in [2.24, 2.45) is 0 Å². The van der Waals surface area contributed by atoms with E-state index in [1.165, 1.54) is 0 Å². The zero-order valence-corrected chi connectivity index (χ0v) is 17.7. The van der Waals surface area contributed by atoms with Gasteiger partial charge in [0.25, 0.3) is 5.91 Å². The van der Waals surface area contributed by atoms with Crippen LogP contribution in [0, 0.1) is 0 Å². The van der Waals surface area contributed by atoms with Crippen LogP contribution >= 0.6 is 0 Å². The van der Waals surface area contributed by atoms with Crippen molar-refractivity contribution < 1.29 is 23.4 Å². The third-order valence-electron chi connectivity index (χ3n) is 5.12. The number of hydrogen-bond donors (Lipinski definition) is 1. The second-order valence-electron chi connectivity index (χ2n) is 7.06. The Morgan fingerprint density at radius 3 is 2.71 bits per heavy atom. The fourth-order valence-electron chi connectivity index (χ4n) is 3.62. The number of para-hydroxylation sites is 1. The number of carbonyl (C=O) groups is 1. The highest BCUT2D eigenvalue weighted by Gasteiger charge is 2.33. The Balaban J connectivity index is 1.64. The minimum Gasteiger partial charge on any atom is -0.493 e. The number of fused-ring (bicyclic) bond motifs is 1. The maximum absolute atomic E-state index is 13.3. The normalized spacial score (nSPS) is 15.4. The van der Waals surface area contributed by atoms with E-state index in [1.54, 1.807) is 18.3 Å². The molecule has 7 nitrogen and oxygen atoms in total. The van der Waals surface area contributed by atoms with E-state index < -0.39 is 0 Å². The smallest absolute Gasteiger partial charge is 0.258 e. The summed E-state index contributed by atoms with van der Waals surface area (Å²) in [6.45, 7) is 3.87. The molecule has 1 atom stereocenters. The standard InChI is InChI=1S/C24H26N2O5/c1-3-29-13-14-31-21-11-10-17(15-22(21)28-2)23-25-20-9-5-4-8-19(20)24(27)26(23)16-18-7-6-12-30-18/h4-12,15,23,25H,3,13-14,16H2,1-2H3. The molecule has 4 rings (SSSR count). The average molecular weight is 422 g/mol. The molecule has 1 unspecified atom stereocenters. The maximum atomic E-state index is 13.3. The molecule has 3 aromatic rings. The molecule has 162 valence electrons. The SMILES string of the molecule is CCOCCOc1ccc(C2Nc3ccccc3C(=O)N2Cc2ccco2)cc1OC. The first-order chi connectivity index (χ1) is 15.2. The first-order valence-corrected chi connectivity index (χ1v) is 10.3. The second kappa shape index (κ2) is 9.57. The molecule has 0 spiro atoms. The summed E-state index contributed by atoms with van der Waals surface area (Å²) in [5.74, 6) is 1.88. The summed E-state index contributed by atoms with van der Waals surface area (Å²) >= 11 is 0. The molecule has 0 saturated carbocycles. The molecular formula is C24H26N2O5. The van der Waals surface area contributed by atoms with E-state index in [1.807, 2.05) is 61.5 Å². The van der Waals surface area contributed by atoms with Gasteiger partial charge in [-0.1, -0.05) is 18.2 Å². The Morgan fingerprint density at radius 2 is 1.94 bits per heavy atom. The van der Waals surface area contributed by atoms with E-state index >= 15 is 0 Å². The summed E-state index contributed by atoms with van der Waals surface area (Å²) in [5.41, 5.74) is 2.31. The molecule has 1 N–H and O–H groups in total. The number of rotatable bonds is 9. The first-order valence-electron chi connectivity index (χ1n) is 10.3. The van der Waals surface area contributed by atoms with E-state index in [0.29, 0.717) is 49.2 Å². The number of methoxy groups -OCH3 is 1. The van der Waals surface area contributed by atoms with Crippen molar-refractivity contribution in [3.63, 3.8) is 0 Å². The Hall–Kier alpha value is -3.45. The minimum atomic E-state index is -0.390. The van der Waals surface area contributed by atoms with Crippen LogP contribution in [0.25, 0.3) is 0 Å². The molecule has 0 saturated heterocycles. The highest BCUT2D eigenvalue weighted by atomic mass is 16.5. The predicted octanol–water partition coefficient (Wildman–Crippen LogP) is 4.47. The van der Waals surface area contributed by atoms with Gasteiger partial charge in [-0.05, 0) is 48.9 Å². The van der Waals surface area contributed by atoms with Gasteiger partial charge in [0, 0.05) is 12.3 Å². The van der Waals surface area contributed by atoms with E-state index in [4.69, 9.17) is 18.6 Å². The van der Waals surface area contributed by atoms with Crippen molar-refractivity contribution in [2.75, 3.05) is 32.2 Å². The van der Waals surface area contributed by atoms with Gasteiger partial charge in [0.05, 0.1) is 32.1 Å². The number of benzene rings is 2. The lowest BCUT2D eigenvalue weighted by Gasteiger charge is -2.37. The molecule has 0 radical (unpaired) electrons.